The predicted molar refractivity (Wildman–Crippen MR) is 69.5 cm³/mol. The first-order valence-corrected chi connectivity index (χ1v) is 5.87. The van der Waals surface area contributed by atoms with E-state index in [1.807, 2.05) is 0 Å². The van der Waals surface area contributed by atoms with Gasteiger partial charge in [-0.05, 0) is 30.3 Å². The number of anilines is 1. The van der Waals surface area contributed by atoms with Gasteiger partial charge in [0.15, 0.2) is 11.5 Å². The Bertz CT molecular complexity index is 826. The van der Waals surface area contributed by atoms with Crippen LogP contribution < -0.4 is 5.73 Å². The number of halogens is 3. The molecule has 0 saturated heterocycles. The van der Waals surface area contributed by atoms with Gasteiger partial charge in [-0.3, -0.25) is 4.40 Å². The molecule has 0 aliphatic heterocycles. The fraction of sp³-hybridized carbons (Fsp3) is 0.0769. The van der Waals surface area contributed by atoms with E-state index in [0.29, 0.717) is 5.56 Å². The van der Waals surface area contributed by atoms with Gasteiger partial charge in [-0.1, -0.05) is 0 Å². The number of phenolic OH excluding ortho intramolecular Hbond substituents is 1. The number of hydrogen-bond acceptors (Lipinski definition) is 4. The molecule has 5 nitrogen and oxygen atoms in total. The Kier molecular flexibility index (Phi) is 2.75. The normalized spacial score (nSPS) is 12.0. The lowest BCUT2D eigenvalue weighted by Gasteiger charge is -2.08. The number of rotatable bonds is 1. The molecule has 21 heavy (non-hydrogen) atoms. The molecule has 0 saturated carbocycles. The van der Waals surface area contributed by atoms with Gasteiger partial charge in [0.25, 0.3) is 0 Å². The quantitative estimate of drug-likeness (QED) is 0.534. The lowest BCUT2D eigenvalue weighted by atomic mass is 10.1. The number of alkyl halides is 3. The van der Waals surface area contributed by atoms with Gasteiger partial charge in [0.1, 0.15) is 5.75 Å². The Morgan fingerprint density at radius 1 is 1.10 bits per heavy atom. The molecule has 0 aliphatic carbocycles. The van der Waals surface area contributed by atoms with Crippen LogP contribution in [0.5, 0.6) is 5.75 Å². The number of nitrogen functional groups attached to an aromatic ring is 1. The van der Waals surface area contributed by atoms with Gasteiger partial charge in [0, 0.05) is 11.8 Å². The number of fused-ring (bicyclic) bond motifs is 1. The summed E-state index contributed by atoms with van der Waals surface area (Å²) in [5.41, 5.74) is 5.62. The minimum Gasteiger partial charge on any atom is -0.506 e. The van der Waals surface area contributed by atoms with Crippen molar-refractivity contribution in [3.63, 3.8) is 0 Å². The second kappa shape index (κ2) is 4.37. The van der Waals surface area contributed by atoms with E-state index >= 15 is 0 Å². The zero-order chi connectivity index (χ0) is 15.2. The summed E-state index contributed by atoms with van der Waals surface area (Å²) in [6, 6.07) is 6.45. The first-order chi connectivity index (χ1) is 9.86. The Labute approximate surface area is 116 Å². The largest absolute Gasteiger partial charge is 0.506 e. The van der Waals surface area contributed by atoms with E-state index in [9.17, 15) is 18.3 Å². The van der Waals surface area contributed by atoms with Gasteiger partial charge < -0.3 is 10.8 Å². The van der Waals surface area contributed by atoms with Crippen molar-refractivity contribution < 1.29 is 18.3 Å². The van der Waals surface area contributed by atoms with Gasteiger partial charge in [-0.25, -0.2) is 0 Å². The molecular weight excluding hydrogens is 285 g/mol. The molecule has 0 aliphatic rings. The second-order valence-corrected chi connectivity index (χ2v) is 4.44. The van der Waals surface area contributed by atoms with Gasteiger partial charge in [0.2, 0.25) is 0 Å². The second-order valence-electron chi connectivity index (χ2n) is 4.44. The average Bonchev–Trinajstić information content (AvgIpc) is 2.84. The predicted octanol–water partition coefficient (Wildman–Crippen LogP) is 2.70. The number of nitrogens with two attached hydrogens (primary N) is 1. The summed E-state index contributed by atoms with van der Waals surface area (Å²) >= 11 is 0. The molecule has 3 rings (SSSR count). The lowest BCUT2D eigenvalue weighted by molar-refractivity contribution is -0.137. The molecule has 2 aromatic heterocycles. The molecule has 0 radical (unpaired) electrons. The van der Waals surface area contributed by atoms with Crippen LogP contribution in [0.15, 0.2) is 36.5 Å². The standard InChI is InChI=1S/C13H9F3N4O/c14-13(15,16)8-2-4-11-18-19-12(20(11)6-8)7-1-3-10(21)9(17)5-7/h1-6,21H,17H2. The molecule has 0 spiro atoms. The number of nitrogens with zero attached hydrogens (tertiary/aromatic N) is 3. The lowest BCUT2D eigenvalue weighted by Crippen LogP contribution is -2.06. The zero-order valence-corrected chi connectivity index (χ0v) is 10.5. The van der Waals surface area contributed by atoms with Crippen molar-refractivity contribution in [2.75, 3.05) is 5.73 Å². The van der Waals surface area contributed by atoms with Crippen molar-refractivity contribution in [2.45, 2.75) is 6.18 Å². The summed E-state index contributed by atoms with van der Waals surface area (Å²) in [6.07, 6.45) is -3.53. The summed E-state index contributed by atoms with van der Waals surface area (Å²) in [4.78, 5) is 0. The molecule has 8 heteroatoms. The van der Waals surface area contributed by atoms with Crippen molar-refractivity contribution >= 4 is 11.3 Å². The highest BCUT2D eigenvalue weighted by Gasteiger charge is 2.31. The smallest absolute Gasteiger partial charge is 0.417 e. The van der Waals surface area contributed by atoms with Crippen LogP contribution in [0.25, 0.3) is 17.0 Å². The third-order valence-electron chi connectivity index (χ3n) is 3.02. The first-order valence-electron chi connectivity index (χ1n) is 5.87. The molecule has 0 unspecified atom stereocenters. The summed E-state index contributed by atoms with van der Waals surface area (Å²) in [5.74, 6) is 0.103. The molecule has 3 N–H and O–H groups in total. The summed E-state index contributed by atoms with van der Waals surface area (Å²) < 4.78 is 39.5. The van der Waals surface area contributed by atoms with E-state index in [2.05, 4.69) is 10.2 Å². The highest BCUT2D eigenvalue weighted by atomic mass is 19.4. The molecule has 1 aromatic carbocycles. The van der Waals surface area contributed by atoms with Crippen LogP contribution >= 0.6 is 0 Å². The molecule has 108 valence electrons. The fourth-order valence-corrected chi connectivity index (χ4v) is 1.95. The third kappa shape index (κ3) is 2.24. The van der Waals surface area contributed by atoms with Crippen molar-refractivity contribution in [1.82, 2.24) is 14.6 Å². The molecule has 3 aromatic rings. The molecule has 0 fully saturated rings. The minimum atomic E-state index is -4.45. The molecule has 0 amide bonds. The number of pyridine rings is 1. The summed E-state index contributed by atoms with van der Waals surface area (Å²) in [5, 5.41) is 17.1. The number of hydrogen-bond donors (Lipinski definition) is 2. The van der Waals surface area contributed by atoms with Crippen LogP contribution in [0.4, 0.5) is 18.9 Å². The van der Waals surface area contributed by atoms with Gasteiger partial charge >= 0.3 is 6.18 Å². The van der Waals surface area contributed by atoms with Crippen LogP contribution in [0.1, 0.15) is 5.56 Å². The van der Waals surface area contributed by atoms with E-state index < -0.39 is 11.7 Å². The first kappa shape index (κ1) is 13.2. The van der Waals surface area contributed by atoms with Crippen LogP contribution in [-0.4, -0.2) is 19.7 Å². The number of phenols is 1. The topological polar surface area (TPSA) is 76.4 Å². The highest BCUT2D eigenvalue weighted by Crippen LogP contribution is 2.31. The van der Waals surface area contributed by atoms with Crippen molar-refractivity contribution in [2.24, 2.45) is 0 Å². The molecule has 0 bridgehead atoms. The molecular formula is C13H9F3N4O. The van der Waals surface area contributed by atoms with Crippen molar-refractivity contribution in [3.8, 4) is 17.1 Å². The van der Waals surface area contributed by atoms with E-state index in [4.69, 9.17) is 5.73 Å². The van der Waals surface area contributed by atoms with Crippen LogP contribution in [0.3, 0.4) is 0 Å². The zero-order valence-electron chi connectivity index (χ0n) is 10.5. The third-order valence-corrected chi connectivity index (χ3v) is 3.02. The average molecular weight is 294 g/mol. The number of aromatic hydroxyl groups is 1. The minimum absolute atomic E-state index is 0.108. The highest BCUT2D eigenvalue weighted by molar-refractivity contribution is 5.67. The van der Waals surface area contributed by atoms with Crippen molar-refractivity contribution in [1.29, 1.82) is 0 Å². The molecule has 2 heterocycles. The van der Waals surface area contributed by atoms with Crippen LogP contribution in [-0.2, 0) is 6.18 Å². The van der Waals surface area contributed by atoms with Gasteiger partial charge in [-0.15, -0.1) is 10.2 Å². The van der Waals surface area contributed by atoms with Gasteiger partial charge in [0.05, 0.1) is 11.3 Å². The summed E-state index contributed by atoms with van der Waals surface area (Å²) in [7, 11) is 0. The number of aromatic nitrogens is 3. The Balaban J connectivity index is 2.20. The number of benzene rings is 1. The Hall–Kier alpha value is -2.77. The van der Waals surface area contributed by atoms with E-state index in [1.165, 1.54) is 28.7 Å². The summed E-state index contributed by atoms with van der Waals surface area (Å²) in [6.45, 7) is 0. The van der Waals surface area contributed by atoms with E-state index in [-0.39, 0.29) is 22.9 Å². The molecule has 0 atom stereocenters. The maximum atomic E-state index is 12.8. The maximum absolute atomic E-state index is 12.8. The van der Waals surface area contributed by atoms with Crippen LogP contribution in [0, 0.1) is 0 Å². The Morgan fingerprint density at radius 2 is 1.86 bits per heavy atom. The monoisotopic (exact) mass is 294 g/mol. The van der Waals surface area contributed by atoms with E-state index in [0.717, 1.165) is 12.3 Å². The fourth-order valence-electron chi connectivity index (χ4n) is 1.95. The maximum Gasteiger partial charge on any atom is 0.417 e. The van der Waals surface area contributed by atoms with Crippen molar-refractivity contribution in [3.05, 3.63) is 42.1 Å². The Morgan fingerprint density at radius 3 is 2.52 bits per heavy atom. The van der Waals surface area contributed by atoms with Crippen LogP contribution in [0.2, 0.25) is 0 Å². The van der Waals surface area contributed by atoms with Gasteiger partial charge in [-0.2, -0.15) is 13.2 Å². The SMILES string of the molecule is Nc1cc(-c2nnc3ccc(C(F)(F)F)cn23)ccc1O. The van der Waals surface area contributed by atoms with E-state index in [1.54, 1.807) is 0 Å².